The first-order valence-corrected chi connectivity index (χ1v) is 16.0. The van der Waals surface area contributed by atoms with Crippen LogP contribution in [0.15, 0.2) is 67.0 Å². The van der Waals surface area contributed by atoms with Crippen LogP contribution in [0.4, 0.5) is 4.79 Å². The van der Waals surface area contributed by atoms with Gasteiger partial charge in [-0.3, -0.25) is 14.6 Å². The van der Waals surface area contributed by atoms with Crippen molar-refractivity contribution in [1.29, 1.82) is 0 Å². The quantitative estimate of drug-likeness (QED) is 0.269. The molecular weight excluding hydrogens is 554 g/mol. The van der Waals surface area contributed by atoms with Crippen LogP contribution in [0.3, 0.4) is 0 Å². The van der Waals surface area contributed by atoms with E-state index in [0.29, 0.717) is 38.0 Å². The van der Waals surface area contributed by atoms with Gasteiger partial charge in [0.1, 0.15) is 18.5 Å². The van der Waals surface area contributed by atoms with Gasteiger partial charge in [0.15, 0.2) is 0 Å². The molecule has 1 aromatic heterocycles. The van der Waals surface area contributed by atoms with Gasteiger partial charge < -0.3 is 19.4 Å². The number of benzene rings is 2. The maximum absolute atomic E-state index is 13.1. The highest BCUT2D eigenvalue weighted by Crippen LogP contribution is 2.44. The SMILES string of the molecule is CCOC(=O)C1CC2(CCN(CC(C)C)CC2)CN1Cc1ccc(CN(Cc2ncc[nH]2)C(=O)OCc2ccccc2)cc1. The molecular formula is C35H47N5O4. The first-order valence-electron chi connectivity index (χ1n) is 16.0. The largest absolute Gasteiger partial charge is 0.465 e. The van der Waals surface area contributed by atoms with Crippen LogP contribution in [-0.2, 0) is 40.5 Å². The Morgan fingerprint density at radius 3 is 2.39 bits per heavy atom. The van der Waals surface area contributed by atoms with Gasteiger partial charge in [-0.15, -0.1) is 0 Å². The number of nitrogens with one attached hydrogen (secondary N) is 1. The molecule has 44 heavy (non-hydrogen) atoms. The molecule has 9 heteroatoms. The smallest absolute Gasteiger partial charge is 0.410 e. The van der Waals surface area contributed by atoms with Crippen molar-refractivity contribution >= 4 is 12.1 Å². The summed E-state index contributed by atoms with van der Waals surface area (Å²) in [6.45, 7) is 12.7. The van der Waals surface area contributed by atoms with E-state index in [4.69, 9.17) is 9.47 Å². The Labute approximate surface area is 261 Å². The van der Waals surface area contributed by atoms with Gasteiger partial charge in [-0.05, 0) is 67.3 Å². The van der Waals surface area contributed by atoms with E-state index in [1.54, 1.807) is 17.3 Å². The fourth-order valence-electron chi connectivity index (χ4n) is 6.64. The van der Waals surface area contributed by atoms with Crippen LogP contribution in [0.1, 0.15) is 62.5 Å². The maximum Gasteiger partial charge on any atom is 0.410 e. The third-order valence-electron chi connectivity index (χ3n) is 8.85. The highest BCUT2D eigenvalue weighted by molar-refractivity contribution is 5.76. The fourth-order valence-corrected chi connectivity index (χ4v) is 6.64. The third kappa shape index (κ3) is 8.48. The van der Waals surface area contributed by atoms with E-state index in [0.717, 1.165) is 62.1 Å². The molecule has 1 amide bonds. The Morgan fingerprint density at radius 2 is 1.73 bits per heavy atom. The average molecular weight is 602 g/mol. The topological polar surface area (TPSA) is 91.0 Å². The molecule has 3 heterocycles. The number of piperidine rings is 1. The zero-order chi connectivity index (χ0) is 30.9. The van der Waals surface area contributed by atoms with Gasteiger partial charge in [-0.25, -0.2) is 9.78 Å². The maximum atomic E-state index is 13.1. The lowest BCUT2D eigenvalue weighted by atomic mass is 9.76. The number of hydrogen-bond acceptors (Lipinski definition) is 7. The van der Waals surface area contributed by atoms with Crippen LogP contribution >= 0.6 is 0 Å². The summed E-state index contributed by atoms with van der Waals surface area (Å²) < 4.78 is 11.2. The number of aromatic nitrogens is 2. The summed E-state index contributed by atoms with van der Waals surface area (Å²) in [7, 11) is 0. The van der Waals surface area contributed by atoms with Gasteiger partial charge in [0, 0.05) is 38.6 Å². The molecule has 1 atom stereocenters. The van der Waals surface area contributed by atoms with Crippen molar-refractivity contribution < 1.29 is 19.1 Å². The summed E-state index contributed by atoms with van der Waals surface area (Å²) >= 11 is 0. The molecule has 0 aliphatic carbocycles. The Kier molecular flexibility index (Phi) is 10.7. The number of rotatable bonds is 12. The Morgan fingerprint density at radius 1 is 1.00 bits per heavy atom. The number of ether oxygens (including phenoxy) is 2. The second kappa shape index (κ2) is 14.9. The molecule has 9 nitrogen and oxygen atoms in total. The molecule has 0 saturated carbocycles. The first-order chi connectivity index (χ1) is 21.3. The van der Waals surface area contributed by atoms with Crippen LogP contribution in [-0.4, -0.2) is 75.6 Å². The average Bonchev–Trinajstić information content (AvgIpc) is 3.66. The molecule has 0 bridgehead atoms. The first kappa shape index (κ1) is 31.7. The standard InChI is InChI=1S/C35H47N5O4/c1-4-43-33(41)31-20-35(14-18-38(19-15-35)21-27(2)3)26-40(31)23-29-12-10-28(11-13-29)22-39(24-32-36-16-17-37-32)34(42)44-25-30-8-6-5-7-9-30/h5-13,16-17,27,31H,4,14-15,18-26H2,1-3H3,(H,36,37). The van der Waals surface area contributed by atoms with E-state index in [-0.39, 0.29) is 24.0 Å². The monoisotopic (exact) mass is 601 g/mol. The fraction of sp³-hybridized carbons (Fsp3) is 0.514. The number of imidazole rings is 1. The van der Waals surface area contributed by atoms with Gasteiger partial charge in [0.2, 0.25) is 0 Å². The normalized spacial score (nSPS) is 18.5. The molecule has 2 saturated heterocycles. The van der Waals surface area contributed by atoms with Crippen molar-refractivity contribution in [1.82, 2.24) is 24.7 Å². The lowest BCUT2D eigenvalue weighted by Crippen LogP contribution is -2.42. The van der Waals surface area contributed by atoms with E-state index >= 15 is 0 Å². The molecule has 1 unspecified atom stereocenters. The summed E-state index contributed by atoms with van der Waals surface area (Å²) in [5.41, 5.74) is 3.24. The Balaban J connectivity index is 1.23. The van der Waals surface area contributed by atoms with Crippen LogP contribution in [0, 0.1) is 11.3 Å². The van der Waals surface area contributed by atoms with Gasteiger partial charge in [0.25, 0.3) is 0 Å². The molecule has 1 N–H and O–H groups in total. The zero-order valence-corrected chi connectivity index (χ0v) is 26.4. The number of hydrogen-bond donors (Lipinski definition) is 1. The summed E-state index contributed by atoms with van der Waals surface area (Å²) in [5.74, 6) is 1.26. The lowest BCUT2D eigenvalue weighted by molar-refractivity contribution is -0.148. The second-order valence-electron chi connectivity index (χ2n) is 12.8. The number of carbonyl (C=O) groups is 2. The van der Waals surface area contributed by atoms with Crippen molar-refractivity contribution in [3.05, 3.63) is 89.5 Å². The predicted molar refractivity (Wildman–Crippen MR) is 169 cm³/mol. The number of likely N-dealkylation sites (tertiary alicyclic amines) is 2. The molecule has 3 aromatic rings. The van der Waals surface area contributed by atoms with Crippen LogP contribution < -0.4 is 0 Å². The summed E-state index contributed by atoms with van der Waals surface area (Å²) in [5, 5.41) is 0. The van der Waals surface area contributed by atoms with Crippen LogP contribution in [0.25, 0.3) is 0 Å². The molecule has 2 fully saturated rings. The van der Waals surface area contributed by atoms with Gasteiger partial charge in [0.05, 0.1) is 13.2 Å². The van der Waals surface area contributed by atoms with Gasteiger partial charge >= 0.3 is 12.1 Å². The molecule has 2 aliphatic rings. The molecule has 5 rings (SSSR count). The van der Waals surface area contributed by atoms with Crippen molar-refractivity contribution in [2.75, 3.05) is 32.8 Å². The van der Waals surface area contributed by atoms with E-state index in [1.165, 1.54) is 0 Å². The summed E-state index contributed by atoms with van der Waals surface area (Å²) in [4.78, 5) is 40.1. The minimum absolute atomic E-state index is 0.104. The number of esters is 1. The van der Waals surface area contributed by atoms with E-state index in [2.05, 4.69) is 57.9 Å². The van der Waals surface area contributed by atoms with Crippen molar-refractivity contribution in [2.24, 2.45) is 11.3 Å². The van der Waals surface area contributed by atoms with Crippen molar-refractivity contribution in [3.63, 3.8) is 0 Å². The molecule has 0 radical (unpaired) electrons. The van der Waals surface area contributed by atoms with E-state index < -0.39 is 6.09 Å². The predicted octanol–water partition coefficient (Wildman–Crippen LogP) is 5.62. The number of amides is 1. The van der Waals surface area contributed by atoms with E-state index in [9.17, 15) is 9.59 Å². The zero-order valence-electron chi connectivity index (χ0n) is 26.4. The Bertz CT molecular complexity index is 1320. The number of H-pyrrole nitrogens is 1. The minimum atomic E-state index is -0.395. The van der Waals surface area contributed by atoms with Crippen molar-refractivity contribution in [2.45, 2.75) is 72.3 Å². The molecule has 2 aliphatic heterocycles. The van der Waals surface area contributed by atoms with Crippen LogP contribution in [0.2, 0.25) is 0 Å². The third-order valence-corrected chi connectivity index (χ3v) is 8.85. The number of carbonyl (C=O) groups excluding carboxylic acids is 2. The lowest BCUT2D eigenvalue weighted by Gasteiger charge is -2.40. The minimum Gasteiger partial charge on any atom is -0.465 e. The highest BCUT2D eigenvalue weighted by Gasteiger charge is 2.48. The molecule has 2 aromatic carbocycles. The molecule has 1 spiro atoms. The van der Waals surface area contributed by atoms with Crippen molar-refractivity contribution in [3.8, 4) is 0 Å². The Hall–Kier alpha value is -3.69. The number of aromatic amines is 1. The van der Waals surface area contributed by atoms with Crippen LogP contribution in [0.5, 0.6) is 0 Å². The van der Waals surface area contributed by atoms with Gasteiger partial charge in [-0.1, -0.05) is 68.4 Å². The number of nitrogens with zero attached hydrogens (tertiary/aromatic N) is 4. The summed E-state index contributed by atoms with van der Waals surface area (Å²) in [6.07, 6.45) is 6.14. The molecule has 236 valence electrons. The summed E-state index contributed by atoms with van der Waals surface area (Å²) in [6, 6.07) is 17.8. The second-order valence-corrected chi connectivity index (χ2v) is 12.8. The highest BCUT2D eigenvalue weighted by atomic mass is 16.6. The van der Waals surface area contributed by atoms with Gasteiger partial charge in [-0.2, -0.15) is 0 Å². The van der Waals surface area contributed by atoms with E-state index in [1.807, 2.05) is 37.3 Å².